The van der Waals surface area contributed by atoms with Crippen molar-refractivity contribution < 1.29 is 4.74 Å². The Kier molecular flexibility index (Phi) is 5.23. The summed E-state index contributed by atoms with van der Waals surface area (Å²) in [6.45, 7) is 8.57. The Balaban J connectivity index is 1.59. The van der Waals surface area contributed by atoms with Gasteiger partial charge >= 0.3 is 0 Å². The SMILES string of the molecule is CC(C)(C)N1CC[C@@H](c2nn(-c3ccc(Oc4ccccc4)cc3)c(C#N)c2N)C1. The Morgan fingerprint density at radius 3 is 2.33 bits per heavy atom. The zero-order chi connectivity index (χ0) is 21.3. The zero-order valence-electron chi connectivity index (χ0n) is 17.7. The first-order chi connectivity index (χ1) is 14.4. The summed E-state index contributed by atoms with van der Waals surface area (Å²) in [6, 6.07) is 19.4. The van der Waals surface area contributed by atoms with Crippen molar-refractivity contribution in [3.05, 3.63) is 66.0 Å². The maximum atomic E-state index is 9.72. The summed E-state index contributed by atoms with van der Waals surface area (Å²) >= 11 is 0. The molecule has 1 aromatic heterocycles. The minimum absolute atomic E-state index is 0.110. The van der Waals surface area contributed by atoms with Gasteiger partial charge in [-0.25, -0.2) is 4.68 Å². The van der Waals surface area contributed by atoms with Gasteiger partial charge in [0.1, 0.15) is 17.6 Å². The number of anilines is 1. The lowest BCUT2D eigenvalue weighted by atomic mass is 10.0. The lowest BCUT2D eigenvalue weighted by Crippen LogP contribution is -2.39. The molecule has 0 spiro atoms. The molecule has 0 aliphatic carbocycles. The number of benzene rings is 2. The van der Waals surface area contributed by atoms with Crippen LogP contribution in [0, 0.1) is 11.3 Å². The van der Waals surface area contributed by atoms with Crippen LogP contribution in [-0.2, 0) is 0 Å². The maximum absolute atomic E-state index is 9.72. The summed E-state index contributed by atoms with van der Waals surface area (Å²) < 4.78 is 7.50. The molecule has 0 bridgehead atoms. The number of para-hydroxylation sites is 1. The Labute approximate surface area is 177 Å². The number of nitrogens with two attached hydrogens (primary N) is 1. The average molecular weight is 402 g/mol. The number of nitrogen functional groups attached to an aromatic ring is 1. The Bertz CT molecular complexity index is 1060. The number of hydrogen-bond acceptors (Lipinski definition) is 5. The molecule has 1 atom stereocenters. The van der Waals surface area contributed by atoms with Crippen LogP contribution in [0.4, 0.5) is 5.69 Å². The minimum Gasteiger partial charge on any atom is -0.457 e. The Hall–Kier alpha value is -3.30. The number of ether oxygens (including phenoxy) is 1. The van der Waals surface area contributed by atoms with Crippen LogP contribution in [0.15, 0.2) is 54.6 Å². The largest absolute Gasteiger partial charge is 0.457 e. The lowest BCUT2D eigenvalue weighted by Gasteiger charge is -2.31. The molecule has 30 heavy (non-hydrogen) atoms. The summed E-state index contributed by atoms with van der Waals surface area (Å²) in [6.07, 6.45) is 0.993. The summed E-state index contributed by atoms with van der Waals surface area (Å²) in [5, 5.41) is 14.5. The molecule has 2 N–H and O–H groups in total. The van der Waals surface area contributed by atoms with Gasteiger partial charge in [0, 0.05) is 18.0 Å². The second-order valence-electron chi connectivity index (χ2n) is 8.68. The lowest BCUT2D eigenvalue weighted by molar-refractivity contribution is 0.172. The number of likely N-dealkylation sites (tertiary alicyclic amines) is 1. The van der Waals surface area contributed by atoms with Crippen LogP contribution in [0.25, 0.3) is 5.69 Å². The highest BCUT2D eigenvalue weighted by molar-refractivity contribution is 5.59. The third-order valence-electron chi connectivity index (χ3n) is 5.64. The van der Waals surface area contributed by atoms with Crippen LogP contribution in [0.1, 0.15) is 44.5 Å². The third-order valence-corrected chi connectivity index (χ3v) is 5.64. The van der Waals surface area contributed by atoms with E-state index in [2.05, 4.69) is 31.7 Å². The van der Waals surface area contributed by atoms with Crippen molar-refractivity contribution in [1.29, 1.82) is 5.26 Å². The molecule has 2 heterocycles. The molecule has 1 aliphatic rings. The third kappa shape index (κ3) is 3.89. The van der Waals surface area contributed by atoms with E-state index in [0.29, 0.717) is 11.4 Å². The van der Waals surface area contributed by atoms with Crippen molar-refractivity contribution in [2.75, 3.05) is 18.8 Å². The van der Waals surface area contributed by atoms with E-state index in [1.54, 1.807) is 4.68 Å². The smallest absolute Gasteiger partial charge is 0.167 e. The molecule has 6 heteroatoms. The normalized spacial score (nSPS) is 17.1. The van der Waals surface area contributed by atoms with Crippen LogP contribution in [-0.4, -0.2) is 33.3 Å². The second kappa shape index (κ2) is 7.85. The fourth-order valence-electron chi connectivity index (χ4n) is 3.92. The molecule has 0 radical (unpaired) electrons. The summed E-state index contributed by atoms with van der Waals surface area (Å²) in [5.41, 5.74) is 8.96. The standard InChI is InChI=1S/C24H27N5O/c1-24(2,3)28-14-13-17(16-28)23-22(26)21(15-25)29(27-23)18-9-11-20(12-10-18)30-19-7-5-4-6-8-19/h4-12,17H,13-14,16,26H2,1-3H3/t17-/m1/s1. The number of nitrogens with zero attached hydrogens (tertiary/aromatic N) is 4. The van der Waals surface area contributed by atoms with Crippen molar-refractivity contribution in [1.82, 2.24) is 14.7 Å². The number of hydrogen-bond donors (Lipinski definition) is 1. The van der Waals surface area contributed by atoms with Crippen molar-refractivity contribution in [3.63, 3.8) is 0 Å². The van der Waals surface area contributed by atoms with Crippen LogP contribution in [0.3, 0.4) is 0 Å². The molecule has 2 aromatic carbocycles. The Morgan fingerprint density at radius 1 is 1.07 bits per heavy atom. The molecule has 1 aliphatic heterocycles. The van der Waals surface area contributed by atoms with Crippen molar-refractivity contribution in [3.8, 4) is 23.3 Å². The van der Waals surface area contributed by atoms with Gasteiger partial charge < -0.3 is 10.5 Å². The maximum Gasteiger partial charge on any atom is 0.167 e. The zero-order valence-corrected chi connectivity index (χ0v) is 17.7. The van der Waals surface area contributed by atoms with E-state index in [-0.39, 0.29) is 11.5 Å². The van der Waals surface area contributed by atoms with Crippen molar-refractivity contribution >= 4 is 5.69 Å². The minimum atomic E-state index is 0.110. The highest BCUT2D eigenvalue weighted by Gasteiger charge is 2.34. The topological polar surface area (TPSA) is 80.1 Å². The fourth-order valence-corrected chi connectivity index (χ4v) is 3.92. The Morgan fingerprint density at radius 2 is 1.73 bits per heavy atom. The van der Waals surface area contributed by atoms with Crippen LogP contribution >= 0.6 is 0 Å². The van der Waals surface area contributed by atoms with Crippen LogP contribution in [0.5, 0.6) is 11.5 Å². The predicted octanol–water partition coefficient (Wildman–Crippen LogP) is 4.71. The van der Waals surface area contributed by atoms with Crippen molar-refractivity contribution in [2.24, 2.45) is 0 Å². The summed E-state index contributed by atoms with van der Waals surface area (Å²) in [7, 11) is 0. The van der Waals surface area contributed by atoms with Gasteiger partial charge in [0.05, 0.1) is 17.1 Å². The van der Waals surface area contributed by atoms with Gasteiger partial charge in [-0.3, -0.25) is 4.90 Å². The molecule has 154 valence electrons. The highest BCUT2D eigenvalue weighted by Crippen LogP contribution is 2.35. The highest BCUT2D eigenvalue weighted by atomic mass is 16.5. The van der Waals surface area contributed by atoms with E-state index in [1.807, 2.05) is 54.6 Å². The quantitative estimate of drug-likeness (QED) is 0.685. The first-order valence-electron chi connectivity index (χ1n) is 10.2. The van der Waals surface area contributed by atoms with Gasteiger partial charge in [-0.15, -0.1) is 0 Å². The molecule has 1 fully saturated rings. The van der Waals surface area contributed by atoms with Gasteiger partial charge in [-0.2, -0.15) is 10.4 Å². The van der Waals surface area contributed by atoms with E-state index in [9.17, 15) is 5.26 Å². The van der Waals surface area contributed by atoms with Gasteiger partial charge in [0.25, 0.3) is 0 Å². The van der Waals surface area contributed by atoms with E-state index < -0.39 is 0 Å². The molecule has 6 nitrogen and oxygen atoms in total. The van der Waals surface area contributed by atoms with Gasteiger partial charge in [-0.1, -0.05) is 18.2 Å². The first-order valence-corrected chi connectivity index (χ1v) is 10.2. The van der Waals surface area contributed by atoms with Gasteiger partial charge in [-0.05, 0) is 70.1 Å². The molecule has 0 saturated carbocycles. The van der Waals surface area contributed by atoms with E-state index in [4.69, 9.17) is 15.6 Å². The number of nitriles is 1. The summed E-state index contributed by atoms with van der Waals surface area (Å²) in [5.74, 6) is 1.73. The predicted molar refractivity (Wildman–Crippen MR) is 118 cm³/mol. The van der Waals surface area contributed by atoms with Gasteiger partial charge in [0.2, 0.25) is 0 Å². The first kappa shape index (κ1) is 20.0. The molecule has 1 saturated heterocycles. The molecule has 0 amide bonds. The number of aromatic nitrogens is 2. The van der Waals surface area contributed by atoms with E-state index in [1.165, 1.54) is 0 Å². The molecule has 0 unspecified atom stereocenters. The fraction of sp³-hybridized carbons (Fsp3) is 0.333. The number of rotatable bonds is 4. The van der Waals surface area contributed by atoms with E-state index >= 15 is 0 Å². The molecule has 4 rings (SSSR count). The van der Waals surface area contributed by atoms with Crippen LogP contribution in [0.2, 0.25) is 0 Å². The van der Waals surface area contributed by atoms with Crippen molar-refractivity contribution in [2.45, 2.75) is 38.6 Å². The molecule has 3 aromatic rings. The summed E-state index contributed by atoms with van der Waals surface area (Å²) in [4.78, 5) is 2.44. The molecular weight excluding hydrogens is 374 g/mol. The van der Waals surface area contributed by atoms with Crippen LogP contribution < -0.4 is 10.5 Å². The molecular formula is C24H27N5O. The van der Waals surface area contributed by atoms with E-state index in [0.717, 1.165) is 42.4 Å². The average Bonchev–Trinajstić information content (AvgIpc) is 3.34. The second-order valence-corrected chi connectivity index (χ2v) is 8.68. The monoisotopic (exact) mass is 401 g/mol. The van der Waals surface area contributed by atoms with Gasteiger partial charge in [0.15, 0.2) is 5.69 Å².